The van der Waals surface area contributed by atoms with E-state index in [4.69, 9.17) is 0 Å². The van der Waals surface area contributed by atoms with Crippen molar-refractivity contribution in [1.29, 1.82) is 0 Å². The van der Waals surface area contributed by atoms with Crippen LogP contribution in [0.5, 0.6) is 0 Å². The van der Waals surface area contributed by atoms with Gasteiger partial charge >= 0.3 is 7.56 Å². The van der Waals surface area contributed by atoms with Crippen LogP contribution >= 0.6 is 0 Å². The Hall–Kier alpha value is -0.885. The second-order valence-electron chi connectivity index (χ2n) is 0.523. The highest BCUT2D eigenvalue weighted by atomic mass is 19.1. The van der Waals surface area contributed by atoms with Crippen LogP contribution in [-0.2, 0) is 0 Å². The maximum Gasteiger partial charge on any atom is 0.450 e. The molecule has 0 fully saturated rings. The second kappa shape index (κ2) is 4.11. The average Bonchev–Trinajstić information content (AvgIpc) is 1.61. The molecule has 0 spiro atoms. The maximum atomic E-state index is 10.8. The maximum absolute atomic E-state index is 10.8. The zero-order valence-corrected chi connectivity index (χ0v) is 3.03. The SMILES string of the molecule is C#CC#C[B]F. The van der Waals surface area contributed by atoms with Crippen molar-refractivity contribution < 1.29 is 4.32 Å². The van der Waals surface area contributed by atoms with Gasteiger partial charge in [-0.25, -0.2) is 0 Å². The molecule has 0 aromatic carbocycles. The summed E-state index contributed by atoms with van der Waals surface area (Å²) in [6, 6.07) is 0. The predicted octanol–water partition coefficient (Wildman–Crippen LogP) is 0.169. The first-order valence-electron chi connectivity index (χ1n) is 1.30. The van der Waals surface area contributed by atoms with Crippen LogP contribution in [0, 0.1) is 24.1 Å². The van der Waals surface area contributed by atoms with Gasteiger partial charge in [-0.3, -0.25) is 0 Å². The lowest BCUT2D eigenvalue weighted by Crippen LogP contribution is -1.64. The van der Waals surface area contributed by atoms with Crippen molar-refractivity contribution in [3.05, 3.63) is 0 Å². The van der Waals surface area contributed by atoms with Gasteiger partial charge in [0.1, 0.15) is 0 Å². The summed E-state index contributed by atoms with van der Waals surface area (Å²) in [5.41, 5.74) is 0. The lowest BCUT2D eigenvalue weighted by atomic mass is 10.1. The van der Waals surface area contributed by atoms with E-state index in [1.165, 1.54) is 0 Å². The number of halogens is 1. The van der Waals surface area contributed by atoms with Gasteiger partial charge in [0.25, 0.3) is 0 Å². The largest absolute Gasteiger partial charge is 0.450 e. The predicted molar refractivity (Wildman–Crippen MR) is 23.5 cm³/mol. The van der Waals surface area contributed by atoms with Crippen molar-refractivity contribution in [1.82, 2.24) is 0 Å². The lowest BCUT2D eigenvalue weighted by Gasteiger charge is -1.50. The summed E-state index contributed by atoms with van der Waals surface area (Å²) in [5.74, 6) is 5.90. The van der Waals surface area contributed by atoms with Gasteiger partial charge < -0.3 is 4.32 Å². The second-order valence-corrected chi connectivity index (χ2v) is 0.523. The molecule has 0 saturated heterocycles. The van der Waals surface area contributed by atoms with Crippen molar-refractivity contribution in [2.75, 3.05) is 0 Å². The highest BCUT2D eigenvalue weighted by Gasteiger charge is 1.66. The summed E-state index contributed by atoms with van der Waals surface area (Å²) >= 11 is 0. The normalized spacial score (nSPS) is 4.00. The van der Waals surface area contributed by atoms with Gasteiger partial charge in [-0.2, -0.15) is 0 Å². The first kappa shape index (κ1) is 5.11. The Kier molecular flexibility index (Phi) is 3.51. The Morgan fingerprint density at radius 1 is 1.67 bits per heavy atom. The van der Waals surface area contributed by atoms with Crippen LogP contribution in [0.25, 0.3) is 0 Å². The van der Waals surface area contributed by atoms with Crippen LogP contribution in [0.1, 0.15) is 0 Å². The van der Waals surface area contributed by atoms with Crippen LogP contribution in [-0.4, -0.2) is 7.56 Å². The van der Waals surface area contributed by atoms with Crippen LogP contribution in [0.4, 0.5) is 4.32 Å². The fourth-order valence-corrected chi connectivity index (χ4v) is 0.0689. The molecule has 0 aromatic rings. The van der Waals surface area contributed by atoms with E-state index in [0.717, 1.165) is 0 Å². The average molecular weight is 78.9 g/mol. The van der Waals surface area contributed by atoms with Crippen LogP contribution in [0.3, 0.4) is 0 Å². The number of terminal acetylenes is 1. The monoisotopic (exact) mass is 79.0 g/mol. The summed E-state index contributed by atoms with van der Waals surface area (Å²) < 4.78 is 10.8. The molecule has 1 radical (unpaired) electrons. The van der Waals surface area contributed by atoms with E-state index in [1.807, 2.05) is 17.7 Å². The first-order chi connectivity index (χ1) is 2.91. The third kappa shape index (κ3) is 3.11. The van der Waals surface area contributed by atoms with Gasteiger partial charge in [-0.1, -0.05) is 0 Å². The Balaban J connectivity index is 3.22. The molecule has 6 heavy (non-hydrogen) atoms. The molecule has 0 saturated carbocycles. The van der Waals surface area contributed by atoms with E-state index in [9.17, 15) is 4.32 Å². The molecule has 0 aliphatic carbocycles. The van der Waals surface area contributed by atoms with Gasteiger partial charge in [0, 0.05) is 0 Å². The van der Waals surface area contributed by atoms with Crippen molar-refractivity contribution in [3.8, 4) is 24.1 Å². The Morgan fingerprint density at radius 2 is 2.33 bits per heavy atom. The van der Waals surface area contributed by atoms with Crippen molar-refractivity contribution in [3.63, 3.8) is 0 Å². The highest BCUT2D eigenvalue weighted by molar-refractivity contribution is 6.37. The molecule has 0 aliphatic rings. The van der Waals surface area contributed by atoms with Crippen molar-refractivity contribution in [2.45, 2.75) is 0 Å². The number of hydrogen-bond acceptors (Lipinski definition) is 0. The van der Waals surface area contributed by atoms with E-state index in [0.29, 0.717) is 0 Å². The fraction of sp³-hybridized carbons (Fsp3) is 0. The number of rotatable bonds is 0. The zero-order chi connectivity index (χ0) is 4.83. The molecule has 0 aromatic heterocycles. The zero-order valence-electron chi connectivity index (χ0n) is 3.03. The molecule has 0 heterocycles. The van der Waals surface area contributed by atoms with Crippen LogP contribution in [0.2, 0.25) is 0 Å². The molecule has 0 N–H and O–H groups in total. The molecule has 2 heteroatoms. The molecule has 27 valence electrons. The minimum atomic E-state index is 0.208. The van der Waals surface area contributed by atoms with Crippen molar-refractivity contribution >= 4 is 7.56 Å². The highest BCUT2D eigenvalue weighted by Crippen LogP contribution is 1.51. The third-order valence-corrected chi connectivity index (χ3v) is 0.199. The van der Waals surface area contributed by atoms with Gasteiger partial charge in [-0.05, 0) is 11.8 Å². The first-order valence-corrected chi connectivity index (χ1v) is 1.30. The quantitative estimate of drug-likeness (QED) is 0.286. The minimum absolute atomic E-state index is 0.208. The molecular formula is C4HBF. The van der Waals surface area contributed by atoms with Crippen LogP contribution < -0.4 is 0 Å². The third-order valence-electron chi connectivity index (χ3n) is 0.199. The van der Waals surface area contributed by atoms with Gasteiger partial charge in [-0.15, -0.1) is 12.2 Å². The molecule has 0 unspecified atom stereocenters. The minimum Gasteiger partial charge on any atom is -0.322 e. The van der Waals surface area contributed by atoms with Crippen molar-refractivity contribution in [2.24, 2.45) is 0 Å². The number of hydrogen-bond donors (Lipinski definition) is 0. The summed E-state index contributed by atoms with van der Waals surface area (Å²) in [5, 5.41) is 0. The topological polar surface area (TPSA) is 0 Å². The van der Waals surface area contributed by atoms with E-state index in [2.05, 4.69) is 6.42 Å². The Bertz CT molecular complexity index is 112. The van der Waals surface area contributed by atoms with E-state index >= 15 is 0 Å². The molecule has 0 atom stereocenters. The molecule has 0 aliphatic heterocycles. The van der Waals surface area contributed by atoms with Gasteiger partial charge in [0.05, 0.1) is 0 Å². The molecule has 0 amide bonds. The van der Waals surface area contributed by atoms with Gasteiger partial charge in [0.2, 0.25) is 0 Å². The summed E-state index contributed by atoms with van der Waals surface area (Å²) in [7, 11) is 0.208. The summed E-state index contributed by atoms with van der Waals surface area (Å²) in [6.45, 7) is 0. The van der Waals surface area contributed by atoms with Gasteiger partial charge in [0.15, 0.2) is 0 Å². The molecule has 0 rings (SSSR count). The summed E-state index contributed by atoms with van der Waals surface area (Å²) in [4.78, 5) is 0. The smallest absolute Gasteiger partial charge is 0.322 e. The molecule has 0 nitrogen and oxygen atoms in total. The van der Waals surface area contributed by atoms with E-state index in [-0.39, 0.29) is 7.56 Å². The Labute approximate surface area is 37.0 Å². The van der Waals surface area contributed by atoms with E-state index < -0.39 is 0 Å². The fourth-order valence-electron chi connectivity index (χ4n) is 0.0689. The lowest BCUT2D eigenvalue weighted by molar-refractivity contribution is 0.887. The van der Waals surface area contributed by atoms with E-state index in [1.54, 1.807) is 0 Å². The Morgan fingerprint density at radius 3 is 2.50 bits per heavy atom. The summed E-state index contributed by atoms with van der Waals surface area (Å²) in [6.07, 6.45) is 4.60. The molecular weight excluding hydrogens is 77.9 g/mol. The standard InChI is InChI=1S/C4HBF/c1-2-3-4-5-6/h1H. The van der Waals surface area contributed by atoms with Crippen LogP contribution in [0.15, 0.2) is 0 Å². The molecule has 0 bridgehead atoms.